The van der Waals surface area contributed by atoms with Crippen LogP contribution in [0.4, 0.5) is 5.69 Å². The zero-order valence-corrected chi connectivity index (χ0v) is 10.6. The Morgan fingerprint density at radius 1 is 1.00 bits per heavy atom. The molecule has 0 aromatic heterocycles. The smallest absolute Gasteiger partial charge is 0.0402 e. The molecule has 0 saturated carbocycles. The van der Waals surface area contributed by atoms with Crippen molar-refractivity contribution in [3.8, 4) is 0 Å². The molecule has 88 valence electrons. The fourth-order valence-electron chi connectivity index (χ4n) is 2.31. The lowest BCUT2D eigenvalue weighted by Crippen LogP contribution is -2.44. The Bertz CT molecular complexity index is 338. The minimum atomic E-state index is 0.607. The number of nitrogens with zero attached hydrogens (tertiary/aromatic N) is 2. The van der Waals surface area contributed by atoms with Crippen LogP contribution in [0.5, 0.6) is 0 Å². The van der Waals surface area contributed by atoms with Gasteiger partial charge in [0.25, 0.3) is 0 Å². The summed E-state index contributed by atoms with van der Waals surface area (Å²) in [7, 11) is 2.20. The predicted molar refractivity (Wildman–Crippen MR) is 70.2 cm³/mol. The van der Waals surface area contributed by atoms with Crippen molar-refractivity contribution in [2.75, 3.05) is 38.1 Å². The molecule has 0 N–H and O–H groups in total. The van der Waals surface area contributed by atoms with Gasteiger partial charge in [-0.3, -0.25) is 0 Å². The van der Waals surface area contributed by atoms with Crippen molar-refractivity contribution in [1.82, 2.24) is 4.90 Å². The molecule has 0 aliphatic carbocycles. The highest BCUT2D eigenvalue weighted by atomic mass is 15.2. The Balaban J connectivity index is 2.19. The lowest BCUT2D eigenvalue weighted by Gasteiger charge is -2.35. The van der Waals surface area contributed by atoms with Gasteiger partial charge in [0.15, 0.2) is 0 Å². The van der Waals surface area contributed by atoms with E-state index in [2.05, 4.69) is 55.0 Å². The van der Waals surface area contributed by atoms with E-state index in [1.165, 1.54) is 24.3 Å². The molecule has 0 amide bonds. The molecule has 2 nitrogen and oxygen atoms in total. The van der Waals surface area contributed by atoms with E-state index in [9.17, 15) is 0 Å². The number of likely N-dealkylation sites (N-methyl/N-ethyl adjacent to an activating group) is 1. The number of piperazine rings is 1. The van der Waals surface area contributed by atoms with E-state index < -0.39 is 0 Å². The van der Waals surface area contributed by atoms with Gasteiger partial charge in [-0.15, -0.1) is 0 Å². The zero-order chi connectivity index (χ0) is 11.5. The normalized spacial score (nSPS) is 18.1. The van der Waals surface area contributed by atoms with E-state index in [1.807, 2.05) is 0 Å². The number of hydrogen-bond donors (Lipinski definition) is 0. The topological polar surface area (TPSA) is 6.48 Å². The van der Waals surface area contributed by atoms with Gasteiger partial charge in [0.1, 0.15) is 0 Å². The van der Waals surface area contributed by atoms with Crippen LogP contribution in [0.1, 0.15) is 25.3 Å². The van der Waals surface area contributed by atoms with E-state index in [0.29, 0.717) is 5.92 Å². The third kappa shape index (κ3) is 2.38. The van der Waals surface area contributed by atoms with Crippen molar-refractivity contribution in [2.45, 2.75) is 19.8 Å². The van der Waals surface area contributed by atoms with Gasteiger partial charge in [-0.25, -0.2) is 0 Å². The number of benzene rings is 1. The Morgan fingerprint density at radius 2 is 1.62 bits per heavy atom. The largest absolute Gasteiger partial charge is 0.369 e. The summed E-state index contributed by atoms with van der Waals surface area (Å²) in [5, 5.41) is 0. The first-order chi connectivity index (χ1) is 7.68. The maximum atomic E-state index is 2.52. The Morgan fingerprint density at radius 3 is 2.25 bits per heavy atom. The molecule has 0 atom stereocenters. The van der Waals surface area contributed by atoms with Gasteiger partial charge < -0.3 is 9.80 Å². The first kappa shape index (κ1) is 11.5. The van der Waals surface area contributed by atoms with Crippen LogP contribution in [-0.4, -0.2) is 38.1 Å². The van der Waals surface area contributed by atoms with Crippen LogP contribution < -0.4 is 4.90 Å². The minimum absolute atomic E-state index is 0.607. The second kappa shape index (κ2) is 4.88. The van der Waals surface area contributed by atoms with Gasteiger partial charge in [0.05, 0.1) is 0 Å². The van der Waals surface area contributed by atoms with Crippen LogP contribution in [-0.2, 0) is 0 Å². The molecule has 0 unspecified atom stereocenters. The van der Waals surface area contributed by atoms with E-state index in [-0.39, 0.29) is 0 Å². The van der Waals surface area contributed by atoms with Gasteiger partial charge in [0.2, 0.25) is 0 Å². The van der Waals surface area contributed by atoms with Crippen LogP contribution in [0.25, 0.3) is 0 Å². The molecular weight excluding hydrogens is 196 g/mol. The van der Waals surface area contributed by atoms with Crippen molar-refractivity contribution >= 4 is 5.69 Å². The molecule has 1 fully saturated rings. The van der Waals surface area contributed by atoms with E-state index in [1.54, 1.807) is 0 Å². The number of anilines is 1. The van der Waals surface area contributed by atoms with Gasteiger partial charge in [0, 0.05) is 31.9 Å². The third-order valence-corrected chi connectivity index (χ3v) is 3.40. The van der Waals surface area contributed by atoms with E-state index in [0.717, 1.165) is 13.1 Å². The summed E-state index contributed by atoms with van der Waals surface area (Å²) in [4.78, 5) is 4.92. The molecule has 1 aromatic rings. The average Bonchev–Trinajstić information content (AvgIpc) is 2.30. The molecule has 1 aliphatic rings. The van der Waals surface area contributed by atoms with E-state index >= 15 is 0 Å². The fourth-order valence-corrected chi connectivity index (χ4v) is 2.31. The van der Waals surface area contributed by atoms with Crippen LogP contribution in [0.3, 0.4) is 0 Å². The Hall–Kier alpha value is -1.02. The highest BCUT2D eigenvalue weighted by Crippen LogP contribution is 2.27. The van der Waals surface area contributed by atoms with Gasteiger partial charge in [-0.1, -0.05) is 32.0 Å². The number of para-hydroxylation sites is 1. The number of hydrogen-bond acceptors (Lipinski definition) is 2. The summed E-state index contributed by atoms with van der Waals surface area (Å²) >= 11 is 0. The summed E-state index contributed by atoms with van der Waals surface area (Å²) in [6.45, 7) is 9.20. The van der Waals surface area contributed by atoms with Crippen molar-refractivity contribution in [3.63, 3.8) is 0 Å². The molecule has 1 saturated heterocycles. The van der Waals surface area contributed by atoms with Crippen molar-refractivity contribution in [1.29, 1.82) is 0 Å². The quantitative estimate of drug-likeness (QED) is 0.753. The maximum absolute atomic E-state index is 2.52. The van der Waals surface area contributed by atoms with Gasteiger partial charge >= 0.3 is 0 Å². The second-order valence-electron chi connectivity index (χ2n) is 5.00. The predicted octanol–water partition coefficient (Wildman–Crippen LogP) is 2.56. The van der Waals surface area contributed by atoms with E-state index in [4.69, 9.17) is 0 Å². The van der Waals surface area contributed by atoms with Crippen LogP contribution in [0.15, 0.2) is 24.3 Å². The van der Waals surface area contributed by atoms with Crippen LogP contribution in [0, 0.1) is 0 Å². The zero-order valence-electron chi connectivity index (χ0n) is 10.6. The summed E-state index contributed by atoms with van der Waals surface area (Å²) in [5.41, 5.74) is 2.91. The average molecular weight is 218 g/mol. The molecule has 2 heteroatoms. The summed E-state index contributed by atoms with van der Waals surface area (Å²) in [6, 6.07) is 8.83. The maximum Gasteiger partial charge on any atom is 0.0402 e. The lowest BCUT2D eigenvalue weighted by molar-refractivity contribution is 0.312. The lowest BCUT2D eigenvalue weighted by atomic mass is 10.00. The van der Waals surface area contributed by atoms with Crippen LogP contribution in [0.2, 0.25) is 0 Å². The highest BCUT2D eigenvalue weighted by Gasteiger charge is 2.17. The fraction of sp³-hybridized carbons (Fsp3) is 0.571. The van der Waals surface area contributed by atoms with Gasteiger partial charge in [-0.2, -0.15) is 0 Å². The summed E-state index contributed by atoms with van der Waals surface area (Å²) in [5.74, 6) is 0.607. The second-order valence-corrected chi connectivity index (χ2v) is 5.00. The monoisotopic (exact) mass is 218 g/mol. The summed E-state index contributed by atoms with van der Waals surface area (Å²) < 4.78 is 0. The Kier molecular flexibility index (Phi) is 3.49. The summed E-state index contributed by atoms with van der Waals surface area (Å²) in [6.07, 6.45) is 0. The molecule has 16 heavy (non-hydrogen) atoms. The Labute approximate surface area is 98.9 Å². The molecule has 1 heterocycles. The van der Waals surface area contributed by atoms with Crippen LogP contribution >= 0.6 is 0 Å². The first-order valence-electron chi connectivity index (χ1n) is 6.21. The molecule has 2 rings (SSSR count). The minimum Gasteiger partial charge on any atom is -0.369 e. The SMILES string of the molecule is CC(C)c1ccccc1N1CCN(C)CC1. The molecule has 0 spiro atoms. The molecular formula is C14H22N2. The highest BCUT2D eigenvalue weighted by molar-refractivity contribution is 5.55. The first-order valence-corrected chi connectivity index (χ1v) is 6.21. The molecule has 1 aliphatic heterocycles. The van der Waals surface area contributed by atoms with Crippen molar-refractivity contribution < 1.29 is 0 Å². The van der Waals surface area contributed by atoms with Crippen molar-refractivity contribution in [3.05, 3.63) is 29.8 Å². The standard InChI is InChI=1S/C14H22N2/c1-12(2)13-6-4-5-7-14(13)16-10-8-15(3)9-11-16/h4-7,12H,8-11H2,1-3H3. The molecule has 0 radical (unpaired) electrons. The molecule has 0 bridgehead atoms. The van der Waals surface area contributed by atoms with Crippen molar-refractivity contribution in [2.24, 2.45) is 0 Å². The third-order valence-electron chi connectivity index (χ3n) is 3.40. The van der Waals surface area contributed by atoms with Gasteiger partial charge in [-0.05, 0) is 24.6 Å². The number of rotatable bonds is 2. The molecule has 1 aromatic carbocycles.